The van der Waals surface area contributed by atoms with Crippen LogP contribution in [0.25, 0.3) is 0 Å². The van der Waals surface area contributed by atoms with Gasteiger partial charge in [-0.25, -0.2) is 14.6 Å². The summed E-state index contributed by atoms with van der Waals surface area (Å²) in [6.07, 6.45) is 4.99. The highest BCUT2D eigenvalue weighted by Crippen LogP contribution is 2.40. The van der Waals surface area contributed by atoms with E-state index in [2.05, 4.69) is 39.5 Å². The first-order valence-electron chi connectivity index (χ1n) is 13.6. The highest BCUT2D eigenvalue weighted by Gasteiger charge is 2.33. The molecular weight excluding hydrogens is 482 g/mol. The molecule has 9 nitrogen and oxygen atoms in total. The fraction of sp³-hybridized carbons (Fsp3) is 0.552. The summed E-state index contributed by atoms with van der Waals surface area (Å²) in [6, 6.07) is 11.1. The molecule has 1 aliphatic carbocycles. The highest BCUT2D eigenvalue weighted by molar-refractivity contribution is 5.90. The number of carbonyl (C=O) groups excluding carboxylic acids is 2. The number of anilines is 2. The predicted molar refractivity (Wildman–Crippen MR) is 146 cm³/mol. The van der Waals surface area contributed by atoms with Crippen molar-refractivity contribution in [2.24, 2.45) is 5.92 Å². The van der Waals surface area contributed by atoms with Gasteiger partial charge in [0.2, 0.25) is 0 Å². The average molecular weight is 522 g/mol. The Morgan fingerprint density at radius 2 is 1.87 bits per heavy atom. The van der Waals surface area contributed by atoms with Crippen LogP contribution in [0.4, 0.5) is 21.1 Å². The second-order valence-corrected chi connectivity index (χ2v) is 11.6. The molecule has 2 fully saturated rings. The summed E-state index contributed by atoms with van der Waals surface area (Å²) in [5.41, 5.74) is 3.75. The van der Waals surface area contributed by atoms with Gasteiger partial charge in [-0.15, -0.1) is 0 Å². The lowest BCUT2D eigenvalue weighted by atomic mass is 9.97. The van der Waals surface area contributed by atoms with Crippen molar-refractivity contribution < 1.29 is 19.1 Å². The summed E-state index contributed by atoms with van der Waals surface area (Å²) < 4.78 is 10.7. The molecule has 0 bridgehead atoms. The zero-order valence-electron chi connectivity index (χ0n) is 22.9. The van der Waals surface area contributed by atoms with E-state index < -0.39 is 5.60 Å². The van der Waals surface area contributed by atoms with Gasteiger partial charge in [0.25, 0.3) is 0 Å². The molecule has 9 heteroatoms. The molecule has 1 unspecified atom stereocenters. The lowest BCUT2D eigenvalue weighted by molar-refractivity contribution is 0.00941. The molecule has 0 spiro atoms. The largest absolute Gasteiger partial charge is 0.444 e. The fourth-order valence-electron chi connectivity index (χ4n) is 5.09. The van der Waals surface area contributed by atoms with Crippen molar-refractivity contribution in [3.63, 3.8) is 0 Å². The van der Waals surface area contributed by atoms with Gasteiger partial charge in [0.1, 0.15) is 18.0 Å². The van der Waals surface area contributed by atoms with Gasteiger partial charge < -0.3 is 19.7 Å². The molecule has 1 atom stereocenters. The summed E-state index contributed by atoms with van der Waals surface area (Å²) in [4.78, 5) is 34.7. The number of hydrogen-bond donors (Lipinski definition) is 1. The number of benzene rings is 1. The van der Waals surface area contributed by atoms with Crippen LogP contribution in [0.5, 0.6) is 0 Å². The molecule has 5 rings (SSSR count). The lowest BCUT2D eigenvalue weighted by Gasteiger charge is -2.40. The molecular formula is C29H39N5O4. The number of nitrogens with one attached hydrogen (secondary N) is 1. The standard InChI is InChI=1S/C29H39N5O4/c1-29(2,3)38-28(36)34-13-11-33(12-14-34)25(15-20-5-6-20)22-9-7-21(8-10-22)17-30-26-16-24-23(18-31-26)19-37-27(35)32(24)4/h7-10,16,18,20,25H,5-6,11-15,17,19H2,1-4H3,(H,30,31). The van der Waals surface area contributed by atoms with E-state index in [0.29, 0.717) is 25.7 Å². The first-order chi connectivity index (χ1) is 18.2. The molecule has 1 saturated heterocycles. The van der Waals surface area contributed by atoms with E-state index in [1.54, 1.807) is 13.2 Å². The number of nitrogens with zero attached hydrogens (tertiary/aromatic N) is 4. The Morgan fingerprint density at radius 1 is 1.16 bits per heavy atom. The van der Waals surface area contributed by atoms with Crippen molar-refractivity contribution >= 4 is 23.7 Å². The second-order valence-electron chi connectivity index (χ2n) is 11.6. The Hall–Kier alpha value is -3.33. The Balaban J connectivity index is 1.19. The number of fused-ring (bicyclic) bond motifs is 1. The Bertz CT molecular complexity index is 1150. The Kier molecular flexibility index (Phi) is 7.47. The highest BCUT2D eigenvalue weighted by atomic mass is 16.6. The third-order valence-electron chi connectivity index (χ3n) is 7.45. The van der Waals surface area contributed by atoms with Gasteiger partial charge >= 0.3 is 12.2 Å². The molecule has 0 radical (unpaired) electrons. The zero-order chi connectivity index (χ0) is 26.9. The number of ether oxygens (including phenoxy) is 2. The van der Waals surface area contributed by atoms with E-state index in [4.69, 9.17) is 9.47 Å². The van der Waals surface area contributed by atoms with Crippen LogP contribution in [-0.4, -0.2) is 65.8 Å². The average Bonchev–Trinajstić information content (AvgIpc) is 3.72. The van der Waals surface area contributed by atoms with Crippen LogP contribution < -0.4 is 10.2 Å². The molecule has 3 heterocycles. The quantitative estimate of drug-likeness (QED) is 0.538. The number of amides is 2. The molecule has 3 aliphatic rings. The van der Waals surface area contributed by atoms with Crippen LogP contribution in [0.2, 0.25) is 0 Å². The van der Waals surface area contributed by atoms with E-state index in [1.807, 2.05) is 31.7 Å². The summed E-state index contributed by atoms with van der Waals surface area (Å²) in [5.74, 6) is 1.53. The van der Waals surface area contributed by atoms with Crippen LogP contribution >= 0.6 is 0 Å². The van der Waals surface area contributed by atoms with E-state index in [-0.39, 0.29) is 18.8 Å². The van der Waals surface area contributed by atoms with Crippen molar-refractivity contribution in [3.8, 4) is 0 Å². The number of pyridine rings is 1. The van der Waals surface area contributed by atoms with E-state index in [0.717, 1.165) is 36.1 Å². The number of piperazine rings is 1. The van der Waals surface area contributed by atoms with Crippen molar-refractivity contribution in [2.75, 3.05) is 43.4 Å². The van der Waals surface area contributed by atoms with Gasteiger partial charge in [-0.2, -0.15) is 0 Å². The van der Waals surface area contributed by atoms with Crippen molar-refractivity contribution in [2.45, 2.75) is 64.8 Å². The molecule has 1 aromatic heterocycles. The Morgan fingerprint density at radius 3 is 2.53 bits per heavy atom. The van der Waals surface area contributed by atoms with Crippen molar-refractivity contribution in [1.82, 2.24) is 14.8 Å². The number of rotatable bonds is 7. The second kappa shape index (κ2) is 10.8. The van der Waals surface area contributed by atoms with Crippen LogP contribution in [0.1, 0.15) is 62.8 Å². The maximum absolute atomic E-state index is 12.5. The van der Waals surface area contributed by atoms with E-state index in [9.17, 15) is 9.59 Å². The monoisotopic (exact) mass is 521 g/mol. The van der Waals surface area contributed by atoms with Crippen LogP contribution in [0, 0.1) is 5.92 Å². The first kappa shape index (κ1) is 26.3. The number of hydrogen-bond acceptors (Lipinski definition) is 7. The Labute approximate surface area is 225 Å². The van der Waals surface area contributed by atoms with Crippen LogP contribution in [0.3, 0.4) is 0 Å². The molecule has 2 aliphatic heterocycles. The SMILES string of the molecule is CN1C(=O)OCc2cnc(NCc3ccc(C(CC4CC4)N4CCN(C(=O)OC(C)(C)C)CC4)cc3)cc21. The van der Waals surface area contributed by atoms with Crippen LogP contribution in [-0.2, 0) is 22.6 Å². The summed E-state index contributed by atoms with van der Waals surface area (Å²) in [5, 5.41) is 3.38. The molecule has 2 amide bonds. The minimum absolute atomic E-state index is 0.215. The van der Waals surface area contributed by atoms with Gasteiger partial charge in [-0.05, 0) is 44.2 Å². The third kappa shape index (κ3) is 6.38. The fourth-order valence-corrected chi connectivity index (χ4v) is 5.09. The minimum atomic E-state index is -0.473. The summed E-state index contributed by atoms with van der Waals surface area (Å²) >= 11 is 0. The van der Waals surface area contributed by atoms with Gasteiger partial charge in [-0.1, -0.05) is 37.1 Å². The van der Waals surface area contributed by atoms with Gasteiger partial charge in [0, 0.05) is 63.6 Å². The molecule has 204 valence electrons. The predicted octanol–water partition coefficient (Wildman–Crippen LogP) is 5.17. The maximum atomic E-state index is 12.5. The van der Waals surface area contributed by atoms with Crippen LogP contribution in [0.15, 0.2) is 36.5 Å². The molecule has 1 N–H and O–H groups in total. The number of cyclic esters (lactones) is 1. The van der Waals surface area contributed by atoms with Crippen molar-refractivity contribution in [1.29, 1.82) is 0 Å². The van der Waals surface area contributed by atoms with Gasteiger partial charge in [0.05, 0.1) is 5.69 Å². The first-order valence-corrected chi connectivity index (χ1v) is 13.6. The van der Waals surface area contributed by atoms with Gasteiger partial charge in [0.15, 0.2) is 0 Å². The topological polar surface area (TPSA) is 87.2 Å². The smallest absolute Gasteiger partial charge is 0.414 e. The van der Waals surface area contributed by atoms with Crippen molar-refractivity contribution in [3.05, 3.63) is 53.2 Å². The zero-order valence-corrected chi connectivity index (χ0v) is 22.9. The maximum Gasteiger partial charge on any atom is 0.414 e. The minimum Gasteiger partial charge on any atom is -0.444 e. The van der Waals surface area contributed by atoms with E-state index >= 15 is 0 Å². The molecule has 1 saturated carbocycles. The summed E-state index contributed by atoms with van der Waals surface area (Å²) in [6.45, 7) is 9.71. The number of carbonyl (C=O) groups is 2. The molecule has 2 aromatic rings. The molecule has 38 heavy (non-hydrogen) atoms. The normalized spacial score (nSPS) is 19.0. The lowest BCUT2D eigenvalue weighted by Crippen LogP contribution is -2.50. The van der Waals surface area contributed by atoms with Gasteiger partial charge in [-0.3, -0.25) is 9.80 Å². The number of aromatic nitrogens is 1. The third-order valence-corrected chi connectivity index (χ3v) is 7.45. The summed E-state index contributed by atoms with van der Waals surface area (Å²) in [7, 11) is 1.71. The molecule has 1 aromatic carbocycles. The van der Waals surface area contributed by atoms with E-state index in [1.165, 1.54) is 35.3 Å².